The Morgan fingerprint density at radius 1 is 1.56 bits per heavy atom. The predicted octanol–water partition coefficient (Wildman–Crippen LogP) is 1.01. The molecule has 0 aromatic carbocycles. The molecule has 50 valence electrons. The maximum Gasteiger partial charge on any atom is 0.0574 e. The van der Waals surface area contributed by atoms with E-state index >= 15 is 0 Å². The molecule has 0 aliphatic heterocycles. The first-order valence-corrected chi connectivity index (χ1v) is 3.56. The molecule has 0 atom stereocenters. The topological polar surface area (TPSA) is 12.0 Å². The minimum absolute atomic E-state index is 0.735. The van der Waals surface area contributed by atoms with Crippen LogP contribution in [-0.2, 0) is 0 Å². The lowest BCUT2D eigenvalue weighted by molar-refractivity contribution is 0.401. The largest absolute Gasteiger partial charge is 0.309 e. The van der Waals surface area contributed by atoms with Gasteiger partial charge in [-0.05, 0) is 19.9 Å². The molecule has 9 heavy (non-hydrogen) atoms. The molecule has 0 bridgehead atoms. The van der Waals surface area contributed by atoms with E-state index in [0.717, 1.165) is 12.5 Å². The van der Waals surface area contributed by atoms with Crippen molar-refractivity contribution in [2.24, 2.45) is 5.92 Å². The first-order valence-electron chi connectivity index (χ1n) is 3.56. The smallest absolute Gasteiger partial charge is 0.0574 e. The van der Waals surface area contributed by atoms with Gasteiger partial charge in [0.1, 0.15) is 0 Å². The van der Waals surface area contributed by atoms with Crippen molar-refractivity contribution in [3.63, 3.8) is 0 Å². The quantitative estimate of drug-likeness (QED) is 0.513. The van der Waals surface area contributed by atoms with Crippen molar-refractivity contribution in [1.82, 2.24) is 5.32 Å². The molecule has 1 aliphatic carbocycles. The van der Waals surface area contributed by atoms with E-state index in [0.29, 0.717) is 0 Å². The zero-order valence-electron chi connectivity index (χ0n) is 5.91. The molecule has 0 unspecified atom stereocenters. The molecular formula is C8H13N. The molecule has 1 N–H and O–H groups in total. The van der Waals surface area contributed by atoms with E-state index < -0.39 is 0 Å². The van der Waals surface area contributed by atoms with Crippen molar-refractivity contribution >= 4 is 0 Å². The fraction of sp³-hybridized carbons (Fsp3) is 0.750. The minimum atomic E-state index is 0.735. The van der Waals surface area contributed by atoms with Gasteiger partial charge in [-0.25, -0.2) is 0 Å². The summed E-state index contributed by atoms with van der Waals surface area (Å²) in [7, 11) is 1.93. The van der Waals surface area contributed by atoms with E-state index in [9.17, 15) is 0 Å². The molecule has 0 amide bonds. The summed E-state index contributed by atoms with van der Waals surface area (Å²) in [4.78, 5) is 0. The van der Waals surface area contributed by atoms with Crippen molar-refractivity contribution < 1.29 is 0 Å². The second-order valence-corrected chi connectivity index (χ2v) is 2.48. The summed E-state index contributed by atoms with van der Waals surface area (Å²) in [5.74, 6) is 7.02. The third-order valence-corrected chi connectivity index (χ3v) is 1.68. The molecule has 0 saturated heterocycles. The van der Waals surface area contributed by atoms with Crippen LogP contribution >= 0.6 is 0 Å². The Hall–Kier alpha value is -0.480. The van der Waals surface area contributed by atoms with Gasteiger partial charge in [0, 0.05) is 5.92 Å². The molecule has 1 nitrogen and oxygen atoms in total. The van der Waals surface area contributed by atoms with Crippen LogP contribution in [0.15, 0.2) is 0 Å². The van der Waals surface area contributed by atoms with Gasteiger partial charge in [0.2, 0.25) is 0 Å². The van der Waals surface area contributed by atoms with Crippen molar-refractivity contribution in [3.05, 3.63) is 0 Å². The third kappa shape index (κ3) is 2.07. The van der Waals surface area contributed by atoms with Crippen LogP contribution in [0.2, 0.25) is 0 Å². The zero-order chi connectivity index (χ0) is 6.53. The Kier molecular flexibility index (Phi) is 2.60. The van der Waals surface area contributed by atoms with Crippen molar-refractivity contribution in [2.75, 3.05) is 13.6 Å². The minimum Gasteiger partial charge on any atom is -0.309 e. The van der Waals surface area contributed by atoms with Crippen LogP contribution in [0.4, 0.5) is 0 Å². The van der Waals surface area contributed by atoms with Gasteiger partial charge < -0.3 is 5.32 Å². The molecule has 0 heterocycles. The van der Waals surface area contributed by atoms with Crippen LogP contribution in [0.5, 0.6) is 0 Å². The second kappa shape index (κ2) is 3.53. The number of rotatable bonds is 1. The van der Waals surface area contributed by atoms with E-state index in [2.05, 4.69) is 17.2 Å². The molecule has 1 rings (SSSR count). The monoisotopic (exact) mass is 123 g/mol. The van der Waals surface area contributed by atoms with Crippen molar-refractivity contribution in [2.45, 2.75) is 19.3 Å². The summed E-state index contributed by atoms with van der Waals surface area (Å²) in [5, 5.41) is 3.00. The molecular weight excluding hydrogens is 110 g/mol. The predicted molar refractivity (Wildman–Crippen MR) is 39.0 cm³/mol. The Morgan fingerprint density at radius 3 is 2.78 bits per heavy atom. The number of hydrogen-bond donors (Lipinski definition) is 1. The van der Waals surface area contributed by atoms with Crippen LogP contribution in [0, 0.1) is 17.8 Å². The summed E-state index contributed by atoms with van der Waals surface area (Å²) in [5.41, 5.74) is 0. The standard InChI is InChI=1S/C8H13N/c1-9-7-3-6-8-4-2-5-8/h8-9H,2,4-5,7H2,1H3. The van der Waals surface area contributed by atoms with E-state index in [4.69, 9.17) is 0 Å². The first kappa shape index (κ1) is 6.64. The summed E-state index contributed by atoms with van der Waals surface area (Å²) in [6, 6.07) is 0. The van der Waals surface area contributed by atoms with Crippen LogP contribution in [-0.4, -0.2) is 13.6 Å². The normalized spacial score (nSPS) is 17.9. The van der Waals surface area contributed by atoms with Gasteiger partial charge in [-0.3, -0.25) is 0 Å². The Bertz CT molecular complexity index is 125. The van der Waals surface area contributed by atoms with Gasteiger partial charge >= 0.3 is 0 Å². The molecule has 0 spiro atoms. The molecule has 1 saturated carbocycles. The van der Waals surface area contributed by atoms with E-state index in [1.807, 2.05) is 7.05 Å². The highest BCUT2D eigenvalue weighted by Crippen LogP contribution is 2.24. The summed E-state index contributed by atoms with van der Waals surface area (Å²) in [6.45, 7) is 0.844. The fourth-order valence-electron chi connectivity index (χ4n) is 0.836. The Balaban J connectivity index is 2.08. The lowest BCUT2D eigenvalue weighted by atomic mass is 9.86. The molecule has 1 aliphatic rings. The highest BCUT2D eigenvalue weighted by molar-refractivity contribution is 5.07. The Morgan fingerprint density at radius 2 is 2.33 bits per heavy atom. The van der Waals surface area contributed by atoms with Crippen LogP contribution in [0.3, 0.4) is 0 Å². The van der Waals surface area contributed by atoms with Crippen LogP contribution in [0.25, 0.3) is 0 Å². The third-order valence-electron chi connectivity index (χ3n) is 1.68. The summed E-state index contributed by atoms with van der Waals surface area (Å²) >= 11 is 0. The van der Waals surface area contributed by atoms with E-state index in [1.165, 1.54) is 19.3 Å². The van der Waals surface area contributed by atoms with Gasteiger partial charge in [0.15, 0.2) is 0 Å². The zero-order valence-corrected chi connectivity index (χ0v) is 5.91. The lowest BCUT2D eigenvalue weighted by Crippen LogP contribution is -2.09. The van der Waals surface area contributed by atoms with Gasteiger partial charge in [-0.15, -0.1) is 0 Å². The summed E-state index contributed by atoms with van der Waals surface area (Å²) < 4.78 is 0. The maximum atomic E-state index is 3.21. The van der Waals surface area contributed by atoms with Crippen LogP contribution in [0.1, 0.15) is 19.3 Å². The first-order chi connectivity index (χ1) is 4.43. The van der Waals surface area contributed by atoms with Gasteiger partial charge in [0.05, 0.1) is 6.54 Å². The SMILES string of the molecule is CNCC#CC1CCC1. The second-order valence-electron chi connectivity index (χ2n) is 2.48. The summed E-state index contributed by atoms with van der Waals surface area (Å²) in [6.07, 6.45) is 4.05. The Labute approximate surface area is 56.8 Å². The molecule has 1 heteroatoms. The number of nitrogens with one attached hydrogen (secondary N) is 1. The van der Waals surface area contributed by atoms with E-state index in [-0.39, 0.29) is 0 Å². The van der Waals surface area contributed by atoms with Gasteiger partial charge in [-0.1, -0.05) is 18.3 Å². The maximum absolute atomic E-state index is 3.21. The van der Waals surface area contributed by atoms with Crippen LogP contribution < -0.4 is 5.32 Å². The average Bonchev–Trinajstić information content (AvgIpc) is 1.76. The van der Waals surface area contributed by atoms with Crippen molar-refractivity contribution in [1.29, 1.82) is 0 Å². The molecule has 0 aromatic heterocycles. The van der Waals surface area contributed by atoms with Gasteiger partial charge in [0.25, 0.3) is 0 Å². The fourth-order valence-corrected chi connectivity index (χ4v) is 0.836. The lowest BCUT2D eigenvalue weighted by Gasteiger charge is -2.18. The molecule has 0 aromatic rings. The average molecular weight is 123 g/mol. The van der Waals surface area contributed by atoms with E-state index in [1.54, 1.807) is 0 Å². The number of hydrogen-bond acceptors (Lipinski definition) is 1. The molecule has 1 fully saturated rings. The van der Waals surface area contributed by atoms with Gasteiger partial charge in [-0.2, -0.15) is 0 Å². The molecule has 0 radical (unpaired) electrons. The highest BCUT2D eigenvalue weighted by Gasteiger charge is 2.13. The highest BCUT2D eigenvalue weighted by atomic mass is 14.8. The van der Waals surface area contributed by atoms with Crippen molar-refractivity contribution in [3.8, 4) is 11.8 Å².